The zero-order chi connectivity index (χ0) is 24.3. The van der Waals surface area contributed by atoms with Gasteiger partial charge in [-0.1, -0.05) is 57.0 Å². The molecule has 8 nitrogen and oxygen atoms in total. The highest BCUT2D eigenvalue weighted by atomic mass is 32.2. The summed E-state index contributed by atoms with van der Waals surface area (Å²) in [5.74, 6) is -0.756. The number of anilines is 1. The number of hydrazone groups is 1. The Morgan fingerprint density at radius 3 is 2.09 bits per heavy atom. The van der Waals surface area contributed by atoms with Crippen LogP contribution in [-0.4, -0.2) is 36.8 Å². The van der Waals surface area contributed by atoms with E-state index in [1.54, 1.807) is 12.1 Å². The summed E-state index contributed by atoms with van der Waals surface area (Å²) in [6.45, 7) is 5.11. The van der Waals surface area contributed by atoms with Crippen LogP contribution in [0.1, 0.15) is 52.0 Å². The van der Waals surface area contributed by atoms with Gasteiger partial charge in [-0.05, 0) is 42.7 Å². The van der Waals surface area contributed by atoms with E-state index in [4.69, 9.17) is 0 Å². The summed E-state index contributed by atoms with van der Waals surface area (Å²) in [5.41, 5.74) is 4.65. The van der Waals surface area contributed by atoms with Gasteiger partial charge in [0.1, 0.15) is 0 Å². The topological polar surface area (TPSA) is 108 Å². The van der Waals surface area contributed by atoms with Crippen molar-refractivity contribution in [2.24, 2.45) is 5.10 Å². The second-order valence-electron chi connectivity index (χ2n) is 7.68. The van der Waals surface area contributed by atoms with Crippen molar-refractivity contribution in [2.75, 3.05) is 11.9 Å². The molecule has 0 heterocycles. The van der Waals surface area contributed by atoms with Crippen molar-refractivity contribution in [1.29, 1.82) is 0 Å². The van der Waals surface area contributed by atoms with E-state index in [2.05, 4.69) is 15.8 Å². The number of carbonyl (C=O) groups is 2. The van der Waals surface area contributed by atoms with Crippen LogP contribution in [0.25, 0.3) is 0 Å². The summed E-state index contributed by atoms with van der Waals surface area (Å²) in [4.78, 5) is 23.9. The van der Waals surface area contributed by atoms with E-state index in [1.807, 2.05) is 32.0 Å². The largest absolute Gasteiger partial charge is 0.326 e. The van der Waals surface area contributed by atoms with Crippen molar-refractivity contribution < 1.29 is 18.0 Å². The summed E-state index contributed by atoms with van der Waals surface area (Å²) < 4.78 is 27.9. The zero-order valence-corrected chi connectivity index (χ0v) is 20.2. The van der Waals surface area contributed by atoms with Gasteiger partial charge in [-0.3, -0.25) is 9.59 Å². The van der Waals surface area contributed by atoms with E-state index in [-0.39, 0.29) is 23.9 Å². The van der Waals surface area contributed by atoms with Crippen molar-refractivity contribution in [3.63, 3.8) is 0 Å². The standard InChI is InChI=1S/C24H32N4O4S/c1-4-9-22(10-5-2)26-27-24(30)18-28(17-20-11-7-6-8-12-20)33(31,32)23-15-13-21(14-16-23)25-19(3)29/h6-8,11-16H,4-5,9-10,17-18H2,1-3H3,(H,25,29)(H,27,30). The predicted octanol–water partition coefficient (Wildman–Crippen LogP) is 3.91. The molecule has 0 spiro atoms. The number of nitrogens with zero attached hydrogens (tertiary/aromatic N) is 2. The molecule has 2 amide bonds. The van der Waals surface area contributed by atoms with E-state index < -0.39 is 15.9 Å². The first-order valence-corrected chi connectivity index (χ1v) is 12.5. The predicted molar refractivity (Wildman–Crippen MR) is 130 cm³/mol. The monoisotopic (exact) mass is 472 g/mol. The molecule has 2 aromatic rings. The number of carbonyl (C=O) groups excluding carboxylic acids is 2. The molecule has 178 valence electrons. The molecule has 0 unspecified atom stereocenters. The molecule has 0 fully saturated rings. The van der Waals surface area contributed by atoms with Crippen LogP contribution >= 0.6 is 0 Å². The molecular formula is C24H32N4O4S. The average molecular weight is 473 g/mol. The van der Waals surface area contributed by atoms with Gasteiger partial charge in [0.05, 0.1) is 11.4 Å². The fourth-order valence-electron chi connectivity index (χ4n) is 3.23. The van der Waals surface area contributed by atoms with Crippen LogP contribution in [0.3, 0.4) is 0 Å². The van der Waals surface area contributed by atoms with Gasteiger partial charge in [-0.2, -0.15) is 9.41 Å². The molecule has 0 atom stereocenters. The first kappa shape index (κ1) is 26.2. The summed E-state index contributed by atoms with van der Waals surface area (Å²) in [5, 5.41) is 6.82. The average Bonchev–Trinajstić information content (AvgIpc) is 2.78. The third kappa shape index (κ3) is 8.43. The van der Waals surface area contributed by atoms with Crippen molar-refractivity contribution in [2.45, 2.75) is 57.9 Å². The van der Waals surface area contributed by atoms with Gasteiger partial charge < -0.3 is 5.32 Å². The molecule has 0 bridgehead atoms. The molecule has 2 aromatic carbocycles. The highest BCUT2D eigenvalue weighted by Gasteiger charge is 2.27. The number of amides is 2. The van der Waals surface area contributed by atoms with Gasteiger partial charge >= 0.3 is 0 Å². The van der Waals surface area contributed by atoms with E-state index >= 15 is 0 Å². The normalized spacial score (nSPS) is 11.2. The highest BCUT2D eigenvalue weighted by Crippen LogP contribution is 2.20. The van der Waals surface area contributed by atoms with E-state index in [0.29, 0.717) is 5.69 Å². The van der Waals surface area contributed by atoms with Gasteiger partial charge in [0.15, 0.2) is 0 Å². The Hall–Kier alpha value is -3.04. The Bertz CT molecular complexity index is 1040. The minimum absolute atomic E-state index is 0.0292. The number of hydrogen-bond acceptors (Lipinski definition) is 5. The molecule has 0 aliphatic carbocycles. The number of rotatable bonds is 12. The molecule has 0 aliphatic rings. The number of benzene rings is 2. The first-order chi connectivity index (χ1) is 15.8. The summed E-state index contributed by atoms with van der Waals surface area (Å²) in [7, 11) is -3.99. The number of nitrogens with one attached hydrogen (secondary N) is 2. The van der Waals surface area contributed by atoms with Crippen molar-refractivity contribution in [3.8, 4) is 0 Å². The maximum atomic E-state index is 13.4. The van der Waals surface area contributed by atoms with Crippen LogP contribution in [0.15, 0.2) is 64.6 Å². The number of hydrogen-bond donors (Lipinski definition) is 2. The Morgan fingerprint density at radius 2 is 1.55 bits per heavy atom. The second kappa shape index (κ2) is 12.9. The quantitative estimate of drug-likeness (QED) is 0.361. The molecule has 2 N–H and O–H groups in total. The van der Waals surface area contributed by atoms with E-state index in [0.717, 1.165) is 41.3 Å². The Kier molecular flexibility index (Phi) is 10.2. The smallest absolute Gasteiger partial charge is 0.255 e. The second-order valence-corrected chi connectivity index (χ2v) is 9.62. The molecule has 33 heavy (non-hydrogen) atoms. The maximum Gasteiger partial charge on any atom is 0.255 e. The summed E-state index contributed by atoms with van der Waals surface area (Å²) in [6, 6.07) is 14.9. The lowest BCUT2D eigenvalue weighted by Gasteiger charge is -2.22. The summed E-state index contributed by atoms with van der Waals surface area (Å²) >= 11 is 0. The fourth-order valence-corrected chi connectivity index (χ4v) is 4.61. The lowest BCUT2D eigenvalue weighted by Crippen LogP contribution is -2.39. The molecule has 0 aliphatic heterocycles. The Labute approximate surface area is 196 Å². The first-order valence-electron chi connectivity index (χ1n) is 11.0. The molecule has 0 saturated heterocycles. The van der Waals surface area contributed by atoms with Crippen LogP contribution in [0.5, 0.6) is 0 Å². The van der Waals surface area contributed by atoms with Gasteiger partial charge in [-0.25, -0.2) is 13.8 Å². The summed E-state index contributed by atoms with van der Waals surface area (Å²) in [6.07, 6.45) is 3.39. The van der Waals surface area contributed by atoms with Crippen LogP contribution in [-0.2, 0) is 26.2 Å². The number of sulfonamides is 1. The van der Waals surface area contributed by atoms with Gasteiger partial charge in [0.25, 0.3) is 5.91 Å². The molecule has 2 rings (SSSR count). The fraction of sp³-hybridized carbons (Fsp3) is 0.375. The third-order valence-electron chi connectivity index (χ3n) is 4.75. The van der Waals surface area contributed by atoms with E-state index in [9.17, 15) is 18.0 Å². The van der Waals surface area contributed by atoms with Gasteiger partial charge in [-0.15, -0.1) is 0 Å². The van der Waals surface area contributed by atoms with Crippen LogP contribution in [0.2, 0.25) is 0 Å². The maximum absolute atomic E-state index is 13.4. The minimum Gasteiger partial charge on any atom is -0.326 e. The van der Waals surface area contributed by atoms with Crippen molar-refractivity contribution in [3.05, 3.63) is 60.2 Å². The van der Waals surface area contributed by atoms with Crippen LogP contribution < -0.4 is 10.7 Å². The van der Waals surface area contributed by atoms with Crippen LogP contribution in [0, 0.1) is 0 Å². The molecule has 0 saturated carbocycles. The lowest BCUT2D eigenvalue weighted by molar-refractivity contribution is -0.121. The van der Waals surface area contributed by atoms with Crippen molar-refractivity contribution >= 4 is 33.2 Å². The van der Waals surface area contributed by atoms with Gasteiger partial charge in [0.2, 0.25) is 15.9 Å². The van der Waals surface area contributed by atoms with Crippen molar-refractivity contribution in [1.82, 2.24) is 9.73 Å². The Morgan fingerprint density at radius 1 is 0.939 bits per heavy atom. The molecular weight excluding hydrogens is 440 g/mol. The molecule has 9 heteroatoms. The minimum atomic E-state index is -3.99. The third-order valence-corrected chi connectivity index (χ3v) is 6.56. The van der Waals surface area contributed by atoms with Gasteiger partial charge in [0, 0.05) is 24.9 Å². The molecule has 0 radical (unpaired) electrons. The lowest BCUT2D eigenvalue weighted by atomic mass is 10.1. The highest BCUT2D eigenvalue weighted by molar-refractivity contribution is 7.89. The SMILES string of the molecule is CCCC(CCC)=NNC(=O)CN(Cc1ccccc1)S(=O)(=O)c1ccc(NC(C)=O)cc1. The van der Waals surface area contributed by atoms with Crippen LogP contribution in [0.4, 0.5) is 5.69 Å². The Balaban J connectivity index is 2.26. The zero-order valence-electron chi connectivity index (χ0n) is 19.4. The molecule has 0 aromatic heterocycles. The van der Waals surface area contributed by atoms with E-state index in [1.165, 1.54) is 31.2 Å².